The summed E-state index contributed by atoms with van der Waals surface area (Å²) in [7, 11) is 3.61. The maximum atomic E-state index is 11.8. The molecule has 0 saturated carbocycles. The fraction of sp³-hybridized carbons (Fsp3) is 0.562. The molecule has 1 aliphatic heterocycles. The van der Waals surface area contributed by atoms with E-state index in [0.717, 1.165) is 42.0 Å². The van der Waals surface area contributed by atoms with Crippen LogP contribution in [0.25, 0.3) is 10.2 Å². The maximum absolute atomic E-state index is 11.8. The minimum Gasteiger partial charge on any atom is -0.367 e. The Labute approximate surface area is 140 Å². The van der Waals surface area contributed by atoms with E-state index in [9.17, 15) is 4.79 Å². The van der Waals surface area contributed by atoms with Gasteiger partial charge in [-0.15, -0.1) is 11.3 Å². The van der Waals surface area contributed by atoms with Gasteiger partial charge in [0.1, 0.15) is 17.0 Å². The van der Waals surface area contributed by atoms with Gasteiger partial charge in [-0.05, 0) is 30.7 Å². The van der Waals surface area contributed by atoms with Crippen LogP contribution in [0.5, 0.6) is 0 Å². The van der Waals surface area contributed by atoms with Crippen molar-refractivity contribution in [1.29, 1.82) is 0 Å². The molecule has 7 heteroatoms. The Morgan fingerprint density at radius 1 is 1.39 bits per heavy atom. The molecule has 0 aliphatic carbocycles. The molecule has 0 bridgehead atoms. The summed E-state index contributed by atoms with van der Waals surface area (Å²) in [6.45, 7) is 4.49. The van der Waals surface area contributed by atoms with Gasteiger partial charge in [0.05, 0.1) is 11.9 Å². The lowest BCUT2D eigenvalue weighted by atomic mass is 10.0. The Morgan fingerprint density at radius 2 is 2.13 bits per heavy atom. The molecular formula is C16H23N5OS. The quantitative estimate of drug-likeness (QED) is 0.927. The number of aryl methyl sites for hydroxylation is 1. The average molecular weight is 333 g/mol. The van der Waals surface area contributed by atoms with Gasteiger partial charge in [0.2, 0.25) is 5.91 Å². The number of aromatic nitrogens is 2. The summed E-state index contributed by atoms with van der Waals surface area (Å²) in [5, 5.41) is 6.85. The lowest BCUT2D eigenvalue weighted by Crippen LogP contribution is -2.44. The molecule has 0 unspecified atom stereocenters. The van der Waals surface area contributed by atoms with Gasteiger partial charge in [-0.2, -0.15) is 0 Å². The van der Waals surface area contributed by atoms with E-state index in [1.165, 1.54) is 5.56 Å². The van der Waals surface area contributed by atoms with Crippen molar-refractivity contribution in [1.82, 2.24) is 19.8 Å². The first-order chi connectivity index (χ1) is 11.0. The normalized spacial score (nSPS) is 16.7. The molecule has 1 amide bonds. The number of piperidine rings is 1. The van der Waals surface area contributed by atoms with Crippen molar-refractivity contribution >= 4 is 33.3 Å². The lowest BCUT2D eigenvalue weighted by Gasteiger charge is -2.32. The summed E-state index contributed by atoms with van der Waals surface area (Å²) in [6.07, 6.45) is 3.68. The monoisotopic (exact) mass is 333 g/mol. The highest BCUT2D eigenvalue weighted by Gasteiger charge is 2.22. The van der Waals surface area contributed by atoms with Crippen molar-refractivity contribution in [3.05, 3.63) is 17.3 Å². The van der Waals surface area contributed by atoms with Crippen molar-refractivity contribution in [2.45, 2.75) is 25.8 Å². The highest BCUT2D eigenvalue weighted by atomic mass is 32.1. The molecule has 0 aromatic carbocycles. The highest BCUT2D eigenvalue weighted by molar-refractivity contribution is 7.17. The predicted octanol–water partition coefficient (Wildman–Crippen LogP) is 1.96. The number of thiophene rings is 1. The first-order valence-electron chi connectivity index (χ1n) is 7.92. The first-order valence-corrected chi connectivity index (χ1v) is 8.80. The van der Waals surface area contributed by atoms with Crippen LogP contribution in [0, 0.1) is 6.92 Å². The Balaban J connectivity index is 1.60. The second-order valence-corrected chi connectivity index (χ2v) is 7.16. The fourth-order valence-corrected chi connectivity index (χ4v) is 3.78. The molecule has 2 aromatic rings. The Morgan fingerprint density at radius 3 is 2.83 bits per heavy atom. The zero-order valence-electron chi connectivity index (χ0n) is 13.9. The van der Waals surface area contributed by atoms with Gasteiger partial charge in [0, 0.05) is 33.2 Å². The van der Waals surface area contributed by atoms with Crippen molar-refractivity contribution in [3.63, 3.8) is 0 Å². The molecule has 0 spiro atoms. The van der Waals surface area contributed by atoms with Crippen LogP contribution in [-0.4, -0.2) is 65.4 Å². The highest BCUT2D eigenvalue weighted by Crippen LogP contribution is 2.29. The number of likely N-dealkylation sites (tertiary alicyclic amines) is 1. The van der Waals surface area contributed by atoms with Crippen LogP contribution in [-0.2, 0) is 4.79 Å². The van der Waals surface area contributed by atoms with Crippen LogP contribution in [0.3, 0.4) is 0 Å². The van der Waals surface area contributed by atoms with Gasteiger partial charge in [-0.3, -0.25) is 9.69 Å². The van der Waals surface area contributed by atoms with Gasteiger partial charge in [-0.25, -0.2) is 9.97 Å². The SMILES string of the molecule is Cc1csc2ncnc(NC3CCN(CC(=O)N(C)C)CC3)c12. The van der Waals surface area contributed by atoms with Gasteiger partial charge >= 0.3 is 0 Å². The van der Waals surface area contributed by atoms with E-state index in [4.69, 9.17) is 0 Å². The Bertz CT molecular complexity index is 691. The number of likely N-dealkylation sites (N-methyl/N-ethyl adjacent to an activating group) is 1. The van der Waals surface area contributed by atoms with Crippen LogP contribution in [0.2, 0.25) is 0 Å². The molecule has 1 fully saturated rings. The lowest BCUT2D eigenvalue weighted by molar-refractivity contribution is -0.130. The second-order valence-electron chi connectivity index (χ2n) is 6.30. The number of carbonyl (C=O) groups excluding carboxylic acids is 1. The van der Waals surface area contributed by atoms with E-state index >= 15 is 0 Å². The predicted molar refractivity (Wildman–Crippen MR) is 93.9 cm³/mol. The minimum absolute atomic E-state index is 0.169. The van der Waals surface area contributed by atoms with Crippen LogP contribution in [0.4, 0.5) is 5.82 Å². The van der Waals surface area contributed by atoms with E-state index in [1.54, 1.807) is 36.7 Å². The number of anilines is 1. The smallest absolute Gasteiger partial charge is 0.236 e. The number of nitrogens with one attached hydrogen (secondary N) is 1. The molecule has 2 aromatic heterocycles. The largest absolute Gasteiger partial charge is 0.367 e. The average Bonchev–Trinajstić information content (AvgIpc) is 2.91. The summed E-state index contributed by atoms with van der Waals surface area (Å²) in [5.41, 5.74) is 1.22. The third-order valence-corrected chi connectivity index (χ3v) is 5.34. The van der Waals surface area contributed by atoms with Crippen molar-refractivity contribution in [3.8, 4) is 0 Å². The third kappa shape index (κ3) is 3.61. The first kappa shape index (κ1) is 16.1. The number of nitrogens with zero attached hydrogens (tertiary/aromatic N) is 4. The summed E-state index contributed by atoms with van der Waals surface area (Å²) < 4.78 is 0. The molecule has 1 N–H and O–H groups in total. The molecule has 3 rings (SSSR count). The third-order valence-electron chi connectivity index (χ3n) is 4.34. The summed E-state index contributed by atoms with van der Waals surface area (Å²) in [6, 6.07) is 0.401. The molecule has 0 radical (unpaired) electrons. The number of hydrogen-bond donors (Lipinski definition) is 1. The van der Waals surface area contributed by atoms with Gasteiger partial charge in [0.25, 0.3) is 0 Å². The van der Waals surface area contributed by atoms with E-state index in [0.29, 0.717) is 12.6 Å². The summed E-state index contributed by atoms with van der Waals surface area (Å²) in [5.74, 6) is 1.11. The Kier molecular flexibility index (Phi) is 4.77. The molecular weight excluding hydrogens is 310 g/mol. The molecule has 3 heterocycles. The van der Waals surface area contributed by atoms with E-state index in [1.807, 2.05) is 0 Å². The fourth-order valence-electron chi connectivity index (χ4n) is 2.89. The molecule has 0 atom stereocenters. The van der Waals surface area contributed by atoms with Crippen LogP contribution in [0.15, 0.2) is 11.7 Å². The molecule has 124 valence electrons. The summed E-state index contributed by atoms with van der Waals surface area (Å²) in [4.78, 5) is 25.5. The molecule has 23 heavy (non-hydrogen) atoms. The van der Waals surface area contributed by atoms with E-state index in [-0.39, 0.29) is 5.91 Å². The van der Waals surface area contributed by atoms with Crippen LogP contribution < -0.4 is 5.32 Å². The molecule has 1 aliphatic rings. The maximum Gasteiger partial charge on any atom is 0.236 e. The van der Waals surface area contributed by atoms with Gasteiger partial charge in [-0.1, -0.05) is 0 Å². The van der Waals surface area contributed by atoms with Crippen LogP contribution in [0.1, 0.15) is 18.4 Å². The summed E-state index contributed by atoms with van der Waals surface area (Å²) >= 11 is 1.66. The number of carbonyl (C=O) groups is 1. The van der Waals surface area contributed by atoms with Gasteiger partial charge in [0.15, 0.2) is 0 Å². The standard InChI is InChI=1S/C16H23N5OS/c1-11-9-23-16-14(11)15(17-10-18-16)19-12-4-6-21(7-5-12)8-13(22)20(2)3/h9-10,12H,4-8H2,1-3H3,(H,17,18,19). The van der Waals surface area contributed by atoms with Gasteiger partial charge < -0.3 is 10.2 Å². The van der Waals surface area contributed by atoms with Crippen LogP contribution >= 0.6 is 11.3 Å². The molecule has 6 nitrogen and oxygen atoms in total. The second kappa shape index (κ2) is 6.80. The zero-order chi connectivity index (χ0) is 16.4. The zero-order valence-corrected chi connectivity index (χ0v) is 14.7. The van der Waals surface area contributed by atoms with Crippen molar-refractivity contribution in [2.75, 3.05) is 39.0 Å². The topological polar surface area (TPSA) is 61.4 Å². The number of amides is 1. The number of hydrogen-bond acceptors (Lipinski definition) is 6. The molecule has 1 saturated heterocycles. The van der Waals surface area contributed by atoms with Crippen molar-refractivity contribution < 1.29 is 4.79 Å². The Hall–Kier alpha value is -1.73. The number of fused-ring (bicyclic) bond motifs is 1. The van der Waals surface area contributed by atoms with E-state index in [2.05, 4.69) is 32.5 Å². The van der Waals surface area contributed by atoms with E-state index < -0.39 is 0 Å². The minimum atomic E-state index is 0.169. The number of rotatable bonds is 4. The van der Waals surface area contributed by atoms with Crippen molar-refractivity contribution in [2.24, 2.45) is 0 Å².